The Balaban J connectivity index is 0.00000343. The van der Waals surface area contributed by atoms with Gasteiger partial charge in [-0.1, -0.05) is 36.4 Å². The van der Waals surface area contributed by atoms with Gasteiger partial charge in [-0.2, -0.15) is 0 Å². The molecule has 0 unspecified atom stereocenters. The number of hydrogen-bond acceptors (Lipinski definition) is 7. The molecule has 2 saturated carbocycles. The highest BCUT2D eigenvalue weighted by atomic mass is 35.5. The molecule has 1 amide bonds. The van der Waals surface area contributed by atoms with Crippen molar-refractivity contribution in [3.05, 3.63) is 59.2 Å². The minimum Gasteiger partial charge on any atom is -1.00 e. The van der Waals surface area contributed by atoms with Crippen molar-refractivity contribution in [1.29, 1.82) is 0 Å². The number of likely N-dealkylation sites (tertiary alicyclic amines) is 1. The van der Waals surface area contributed by atoms with Crippen LogP contribution in [0.3, 0.4) is 0 Å². The van der Waals surface area contributed by atoms with E-state index in [1.807, 2.05) is 36.4 Å². The number of halogens is 1. The zero-order valence-corrected chi connectivity index (χ0v) is 26.2. The van der Waals surface area contributed by atoms with Gasteiger partial charge < -0.3 is 41.1 Å². The van der Waals surface area contributed by atoms with Crippen LogP contribution in [-0.2, 0) is 32.8 Å². The lowest BCUT2D eigenvalue weighted by molar-refractivity contribution is -0.950. The number of ketones is 1. The van der Waals surface area contributed by atoms with Gasteiger partial charge in [0.05, 0.1) is 25.6 Å². The number of amides is 1. The van der Waals surface area contributed by atoms with Gasteiger partial charge >= 0.3 is 12.1 Å². The third kappa shape index (κ3) is 4.88. The molecule has 0 radical (unpaired) electrons. The molecule has 2 aromatic rings. The van der Waals surface area contributed by atoms with Crippen molar-refractivity contribution in [3.63, 3.8) is 0 Å². The Bertz CT molecular complexity index is 1470. The van der Waals surface area contributed by atoms with Crippen molar-refractivity contribution in [3.8, 4) is 11.5 Å². The van der Waals surface area contributed by atoms with Gasteiger partial charge in [0, 0.05) is 50.8 Å². The molecule has 2 bridgehead atoms. The van der Waals surface area contributed by atoms with E-state index >= 15 is 0 Å². The molecule has 3 fully saturated rings. The Morgan fingerprint density at radius 3 is 2.66 bits per heavy atom. The molecule has 44 heavy (non-hydrogen) atoms. The normalized spacial score (nSPS) is 30.8. The van der Waals surface area contributed by atoms with Crippen LogP contribution in [0.4, 0.5) is 4.79 Å². The summed E-state index contributed by atoms with van der Waals surface area (Å²) in [4.78, 5) is 40.1. The molecule has 5 aliphatic rings. The Hall–Kier alpha value is -3.14. The lowest BCUT2D eigenvalue weighted by atomic mass is 9.48. The number of Topliss-reactive ketones (excluding diaryl/α,β-unsaturated/α-hetero) is 1. The fourth-order valence-electron chi connectivity index (χ4n) is 8.54. The van der Waals surface area contributed by atoms with E-state index < -0.39 is 23.2 Å². The third-order valence-corrected chi connectivity index (χ3v) is 10.9. The Kier molecular flexibility index (Phi) is 7.95. The topological polar surface area (TPSA) is 102 Å². The van der Waals surface area contributed by atoms with Crippen LogP contribution < -0.4 is 21.9 Å². The van der Waals surface area contributed by atoms with Crippen LogP contribution in [0.1, 0.15) is 61.6 Å². The van der Waals surface area contributed by atoms with Crippen molar-refractivity contribution < 1.29 is 50.6 Å². The van der Waals surface area contributed by atoms with Gasteiger partial charge in [0.1, 0.15) is 18.2 Å². The number of hydrogen-bond donors (Lipinski definition) is 1. The van der Waals surface area contributed by atoms with Crippen molar-refractivity contribution in [2.75, 3.05) is 33.7 Å². The van der Waals surface area contributed by atoms with E-state index in [-0.39, 0.29) is 55.4 Å². The number of ether oxygens (including phenoxy) is 3. The van der Waals surface area contributed by atoms with Gasteiger partial charge in [0.25, 0.3) is 0 Å². The van der Waals surface area contributed by atoms with E-state index in [9.17, 15) is 19.5 Å². The molecule has 1 saturated heterocycles. The molecule has 0 aromatic heterocycles. The van der Waals surface area contributed by atoms with Gasteiger partial charge in [-0.25, -0.2) is 4.79 Å². The van der Waals surface area contributed by atoms with Gasteiger partial charge in [-0.3, -0.25) is 9.59 Å². The van der Waals surface area contributed by atoms with Crippen LogP contribution in [0.5, 0.6) is 11.5 Å². The number of piperidine rings is 1. The number of likely N-dealkylation sites (N-methyl/N-ethyl adjacent to an activating group) is 1. The number of carbonyl (C=O) groups excluding carboxylic acids is 3. The van der Waals surface area contributed by atoms with E-state index in [2.05, 4.69) is 7.05 Å². The second kappa shape index (κ2) is 11.3. The smallest absolute Gasteiger partial charge is 0.415 e. The molecule has 5 atom stereocenters. The summed E-state index contributed by atoms with van der Waals surface area (Å²) >= 11 is 0. The SMILES string of the molecule is CN(CCCC(=O)OCc1ccccc1)C(=O)Oc1ccc2c3c1O[C@H]1C(=O)CC[C@@]4(O)[C@@H](C2)[N@@+](C)(CC2CC2)CC[C@]314.[Cl-]. The molecule has 10 heteroatoms. The fraction of sp³-hybridized carbons (Fsp3) is 0.559. The van der Waals surface area contributed by atoms with Gasteiger partial charge in [0.2, 0.25) is 0 Å². The largest absolute Gasteiger partial charge is 1.00 e. The summed E-state index contributed by atoms with van der Waals surface area (Å²) in [6.45, 7) is 2.48. The molecular formula is C34H41ClN2O7. The molecule has 2 aromatic carbocycles. The molecular weight excluding hydrogens is 584 g/mol. The van der Waals surface area contributed by atoms with Crippen LogP contribution in [0, 0.1) is 5.92 Å². The lowest BCUT2D eigenvalue weighted by Crippen LogP contribution is -3.00. The van der Waals surface area contributed by atoms with E-state index in [0.717, 1.165) is 40.2 Å². The first-order chi connectivity index (χ1) is 20.6. The second-order valence-corrected chi connectivity index (χ2v) is 13.6. The first-order valence-electron chi connectivity index (χ1n) is 15.7. The number of carbonyl (C=O) groups is 3. The van der Waals surface area contributed by atoms with Crippen LogP contribution in [0.25, 0.3) is 0 Å². The summed E-state index contributed by atoms with van der Waals surface area (Å²) in [5.41, 5.74) is 1.01. The molecule has 1 N–H and O–H groups in total. The Morgan fingerprint density at radius 2 is 1.91 bits per heavy atom. The third-order valence-electron chi connectivity index (χ3n) is 10.9. The Labute approximate surface area is 264 Å². The number of esters is 1. The van der Waals surface area contributed by atoms with Crippen molar-refractivity contribution in [2.24, 2.45) is 5.92 Å². The molecule has 236 valence electrons. The maximum Gasteiger partial charge on any atom is 0.415 e. The fourth-order valence-corrected chi connectivity index (χ4v) is 8.54. The van der Waals surface area contributed by atoms with Gasteiger partial charge in [0.15, 0.2) is 23.4 Å². The van der Waals surface area contributed by atoms with Crippen molar-refractivity contribution >= 4 is 17.8 Å². The molecule has 2 heterocycles. The summed E-state index contributed by atoms with van der Waals surface area (Å²) in [5.74, 6) is 1.12. The van der Waals surface area contributed by atoms with Crippen LogP contribution >= 0.6 is 0 Å². The minimum absolute atomic E-state index is 0. The average molecular weight is 625 g/mol. The van der Waals surface area contributed by atoms with Crippen LogP contribution in [0.15, 0.2) is 42.5 Å². The molecule has 2 aliphatic heterocycles. The van der Waals surface area contributed by atoms with Crippen molar-refractivity contribution in [1.82, 2.24) is 4.90 Å². The summed E-state index contributed by atoms with van der Waals surface area (Å²) in [7, 11) is 3.91. The summed E-state index contributed by atoms with van der Waals surface area (Å²) in [6.07, 6.45) is 3.90. The number of quaternary nitrogens is 1. The number of nitrogens with zero attached hydrogens (tertiary/aromatic N) is 2. The van der Waals surface area contributed by atoms with Gasteiger partial charge in [-0.15, -0.1) is 0 Å². The van der Waals surface area contributed by atoms with E-state index in [4.69, 9.17) is 14.2 Å². The minimum atomic E-state index is -1.06. The maximum absolute atomic E-state index is 13.4. The highest BCUT2D eigenvalue weighted by molar-refractivity contribution is 5.90. The Morgan fingerprint density at radius 1 is 1.14 bits per heavy atom. The number of benzene rings is 2. The van der Waals surface area contributed by atoms with Crippen molar-refractivity contribution in [2.45, 2.75) is 81.1 Å². The first-order valence-corrected chi connectivity index (χ1v) is 15.7. The number of rotatable bonds is 9. The highest BCUT2D eigenvalue weighted by Crippen LogP contribution is 2.66. The van der Waals surface area contributed by atoms with E-state index in [1.165, 1.54) is 17.7 Å². The molecule has 9 nitrogen and oxygen atoms in total. The summed E-state index contributed by atoms with van der Waals surface area (Å²) in [6, 6.07) is 13.3. The zero-order chi connectivity index (χ0) is 30.0. The standard InChI is InChI=1S/C34H41N2O7.ClH/c1-35(17-6-9-28(38)41-21-23-7-4-3-5-8-23)32(39)42-26-13-12-24-19-27-34(40)15-14-25(37)31-33(34,29(24)30(26)43-31)16-18-36(27,2)20-22-10-11-22;/h3-5,7-8,12-13,22,27,31,40H,6,9-11,14-21H2,1-2H3;1H/q+1;/p-1/t27-,31+,33+,34-,36-;/m1./s1. The summed E-state index contributed by atoms with van der Waals surface area (Å²) < 4.78 is 18.5. The van der Waals surface area contributed by atoms with Gasteiger partial charge in [-0.05, 0) is 42.9 Å². The predicted molar refractivity (Wildman–Crippen MR) is 157 cm³/mol. The summed E-state index contributed by atoms with van der Waals surface area (Å²) in [5, 5.41) is 12.6. The van der Waals surface area contributed by atoms with Crippen LogP contribution in [-0.4, -0.2) is 83.8 Å². The monoisotopic (exact) mass is 624 g/mol. The van der Waals surface area contributed by atoms with E-state index in [1.54, 1.807) is 13.1 Å². The predicted octanol–water partition coefficient (Wildman–Crippen LogP) is 0.923. The molecule has 7 rings (SSSR count). The molecule has 1 spiro atoms. The van der Waals surface area contributed by atoms with E-state index in [0.29, 0.717) is 38.0 Å². The maximum atomic E-state index is 13.4. The quantitative estimate of drug-likeness (QED) is 0.327. The number of aliphatic hydroxyl groups is 1. The first kappa shape index (κ1) is 30.9. The highest BCUT2D eigenvalue weighted by Gasteiger charge is 2.76. The second-order valence-electron chi connectivity index (χ2n) is 13.6. The lowest BCUT2D eigenvalue weighted by Gasteiger charge is -2.64. The molecule has 3 aliphatic carbocycles. The zero-order valence-electron chi connectivity index (χ0n) is 25.4. The van der Waals surface area contributed by atoms with Crippen LogP contribution in [0.2, 0.25) is 0 Å². The average Bonchev–Trinajstić information content (AvgIpc) is 3.73.